The van der Waals surface area contributed by atoms with Crippen LogP contribution in [0.3, 0.4) is 0 Å². The van der Waals surface area contributed by atoms with E-state index >= 15 is 0 Å². The predicted molar refractivity (Wildman–Crippen MR) is 93.9 cm³/mol. The van der Waals surface area contributed by atoms with Crippen LogP contribution in [-0.4, -0.2) is 12.9 Å². The Morgan fingerprint density at radius 2 is 1.65 bits per heavy atom. The minimum atomic E-state index is -0.606. The van der Waals surface area contributed by atoms with Gasteiger partial charge in [-0.25, -0.2) is 0 Å². The third-order valence-corrected chi connectivity index (χ3v) is 4.19. The molecule has 23 heavy (non-hydrogen) atoms. The molecule has 2 atom stereocenters. The molecular weight excluding hydrogens is 284 g/mol. The van der Waals surface area contributed by atoms with Crippen LogP contribution in [0.25, 0.3) is 6.08 Å². The lowest BCUT2D eigenvalue weighted by atomic mass is 9.89. The highest BCUT2D eigenvalue weighted by molar-refractivity contribution is 5.52. The van der Waals surface area contributed by atoms with Crippen LogP contribution in [0.2, 0.25) is 0 Å². The van der Waals surface area contributed by atoms with Crippen molar-refractivity contribution in [2.24, 2.45) is 0 Å². The van der Waals surface area contributed by atoms with E-state index in [4.69, 9.17) is 9.47 Å². The highest BCUT2D eigenvalue weighted by Crippen LogP contribution is 2.37. The van der Waals surface area contributed by atoms with E-state index < -0.39 is 5.79 Å². The zero-order valence-corrected chi connectivity index (χ0v) is 13.6. The Bertz CT molecular complexity index is 688. The highest BCUT2D eigenvalue weighted by atomic mass is 16.7. The molecule has 0 unspecified atom stereocenters. The lowest BCUT2D eigenvalue weighted by Crippen LogP contribution is -2.35. The Hall–Kier alpha value is -2.32. The van der Waals surface area contributed by atoms with Crippen LogP contribution in [0.5, 0.6) is 0 Å². The minimum absolute atomic E-state index is 0.283. The second kappa shape index (κ2) is 6.84. The van der Waals surface area contributed by atoms with Gasteiger partial charge in [0.1, 0.15) is 5.76 Å². The van der Waals surface area contributed by atoms with Crippen LogP contribution < -0.4 is 0 Å². The average molecular weight is 306 g/mol. The van der Waals surface area contributed by atoms with Crippen LogP contribution in [0.15, 0.2) is 78.6 Å². The maximum atomic E-state index is 6.05. The fraction of sp³-hybridized carbons (Fsp3) is 0.238. The van der Waals surface area contributed by atoms with Crippen molar-refractivity contribution in [2.45, 2.75) is 25.0 Å². The smallest absolute Gasteiger partial charge is 0.208 e. The van der Waals surface area contributed by atoms with Crippen molar-refractivity contribution in [1.82, 2.24) is 0 Å². The van der Waals surface area contributed by atoms with E-state index in [1.54, 1.807) is 7.11 Å². The Balaban J connectivity index is 1.88. The molecule has 0 aliphatic carbocycles. The van der Waals surface area contributed by atoms with Crippen molar-refractivity contribution in [1.29, 1.82) is 0 Å². The van der Waals surface area contributed by atoms with E-state index in [9.17, 15) is 0 Å². The fourth-order valence-electron chi connectivity index (χ4n) is 2.85. The number of methoxy groups -OCH3 is 1. The van der Waals surface area contributed by atoms with Gasteiger partial charge in [0.05, 0.1) is 0 Å². The second-order valence-corrected chi connectivity index (χ2v) is 5.97. The van der Waals surface area contributed by atoms with Gasteiger partial charge in [-0.05, 0) is 23.3 Å². The SMILES string of the molecule is CO[C@@]1(C)C[C@H](c2ccccc2)C=C(/C=C/c2ccccc2)O1. The summed E-state index contributed by atoms with van der Waals surface area (Å²) in [4.78, 5) is 0. The summed E-state index contributed by atoms with van der Waals surface area (Å²) in [5, 5.41) is 0. The van der Waals surface area contributed by atoms with Gasteiger partial charge in [-0.2, -0.15) is 0 Å². The fourth-order valence-corrected chi connectivity index (χ4v) is 2.85. The Labute approximate surface area is 138 Å². The molecule has 1 aliphatic rings. The summed E-state index contributed by atoms with van der Waals surface area (Å²) in [6.07, 6.45) is 7.06. The summed E-state index contributed by atoms with van der Waals surface area (Å²) in [5.74, 6) is 0.523. The topological polar surface area (TPSA) is 18.5 Å². The molecule has 0 N–H and O–H groups in total. The van der Waals surface area contributed by atoms with Crippen LogP contribution in [0.4, 0.5) is 0 Å². The lowest BCUT2D eigenvalue weighted by Gasteiger charge is -2.36. The van der Waals surface area contributed by atoms with Crippen molar-refractivity contribution in [3.63, 3.8) is 0 Å². The molecule has 2 aromatic carbocycles. The standard InChI is InChI=1S/C21H22O2/c1-21(22-2)16-19(18-11-7-4-8-12-18)15-20(23-21)14-13-17-9-5-3-6-10-17/h3-15,19H,16H2,1-2H3/b14-13+/t19-,21-/m1/s1. The normalized spacial score (nSPS) is 24.3. The molecule has 2 nitrogen and oxygen atoms in total. The van der Waals surface area contributed by atoms with Gasteiger partial charge < -0.3 is 9.47 Å². The molecule has 0 fully saturated rings. The first-order valence-corrected chi connectivity index (χ1v) is 7.93. The van der Waals surface area contributed by atoms with Gasteiger partial charge in [0.25, 0.3) is 0 Å². The number of rotatable bonds is 4. The summed E-state index contributed by atoms with van der Waals surface area (Å²) in [7, 11) is 1.70. The molecule has 0 saturated heterocycles. The van der Waals surface area contributed by atoms with Crippen molar-refractivity contribution >= 4 is 6.08 Å². The first-order valence-electron chi connectivity index (χ1n) is 7.93. The van der Waals surface area contributed by atoms with Crippen molar-refractivity contribution in [2.75, 3.05) is 7.11 Å². The van der Waals surface area contributed by atoms with E-state index in [0.717, 1.165) is 17.7 Å². The van der Waals surface area contributed by atoms with Crippen LogP contribution >= 0.6 is 0 Å². The summed E-state index contributed by atoms with van der Waals surface area (Å²) in [5.41, 5.74) is 2.43. The van der Waals surface area contributed by atoms with Crippen molar-refractivity contribution < 1.29 is 9.47 Å². The van der Waals surface area contributed by atoms with E-state index in [1.807, 2.05) is 37.3 Å². The first-order chi connectivity index (χ1) is 11.2. The quantitative estimate of drug-likeness (QED) is 0.777. The molecule has 0 bridgehead atoms. The lowest BCUT2D eigenvalue weighted by molar-refractivity contribution is -0.195. The molecule has 0 aromatic heterocycles. The molecule has 118 valence electrons. The van der Waals surface area contributed by atoms with Gasteiger partial charge >= 0.3 is 0 Å². The summed E-state index contributed by atoms with van der Waals surface area (Å²) >= 11 is 0. The largest absolute Gasteiger partial charge is 0.463 e. The number of ether oxygens (including phenoxy) is 2. The first kappa shape index (κ1) is 15.6. The number of benzene rings is 2. The molecule has 3 rings (SSSR count). The third kappa shape index (κ3) is 3.91. The van der Waals surface area contributed by atoms with Gasteiger partial charge in [0.2, 0.25) is 5.79 Å². The highest BCUT2D eigenvalue weighted by Gasteiger charge is 2.34. The summed E-state index contributed by atoms with van der Waals surface area (Å²) in [6.45, 7) is 1.99. The zero-order chi connectivity index (χ0) is 16.1. The van der Waals surface area contributed by atoms with E-state index in [2.05, 4.69) is 48.6 Å². The maximum absolute atomic E-state index is 6.05. The summed E-state index contributed by atoms with van der Waals surface area (Å²) < 4.78 is 11.7. The van der Waals surface area contributed by atoms with Crippen LogP contribution in [0, 0.1) is 0 Å². The van der Waals surface area contributed by atoms with Crippen LogP contribution in [-0.2, 0) is 9.47 Å². The molecule has 0 amide bonds. The van der Waals surface area contributed by atoms with Gasteiger partial charge in [0, 0.05) is 26.4 Å². The molecule has 0 radical (unpaired) electrons. The van der Waals surface area contributed by atoms with E-state index in [0.29, 0.717) is 0 Å². The molecule has 2 heteroatoms. The molecule has 1 heterocycles. The molecule has 0 spiro atoms. The second-order valence-electron chi connectivity index (χ2n) is 5.97. The van der Waals surface area contributed by atoms with E-state index in [-0.39, 0.29) is 5.92 Å². The maximum Gasteiger partial charge on any atom is 0.208 e. The monoisotopic (exact) mass is 306 g/mol. The van der Waals surface area contributed by atoms with Gasteiger partial charge in [-0.15, -0.1) is 0 Å². The van der Waals surface area contributed by atoms with Gasteiger partial charge in [-0.3, -0.25) is 0 Å². The molecule has 2 aromatic rings. The minimum Gasteiger partial charge on any atom is -0.463 e. The Kier molecular flexibility index (Phi) is 4.63. The van der Waals surface area contributed by atoms with Crippen molar-refractivity contribution in [3.05, 3.63) is 89.7 Å². The number of allylic oxidation sites excluding steroid dienone is 2. The predicted octanol–water partition coefficient (Wildman–Crippen LogP) is 5.15. The van der Waals surface area contributed by atoms with Gasteiger partial charge in [0.15, 0.2) is 0 Å². The van der Waals surface area contributed by atoms with Crippen LogP contribution in [0.1, 0.15) is 30.4 Å². The average Bonchev–Trinajstić information content (AvgIpc) is 2.61. The molecule has 0 saturated carbocycles. The molecule has 1 aliphatic heterocycles. The number of hydrogen-bond donors (Lipinski definition) is 0. The third-order valence-electron chi connectivity index (χ3n) is 4.19. The van der Waals surface area contributed by atoms with E-state index in [1.165, 1.54) is 5.56 Å². The number of hydrogen-bond acceptors (Lipinski definition) is 2. The Morgan fingerprint density at radius 1 is 1.00 bits per heavy atom. The Morgan fingerprint density at radius 3 is 2.30 bits per heavy atom. The molecular formula is C21H22O2. The van der Waals surface area contributed by atoms with Gasteiger partial charge in [-0.1, -0.05) is 66.7 Å². The summed E-state index contributed by atoms with van der Waals surface area (Å²) in [6, 6.07) is 20.7. The zero-order valence-electron chi connectivity index (χ0n) is 13.6. The van der Waals surface area contributed by atoms with Crippen molar-refractivity contribution in [3.8, 4) is 0 Å².